The van der Waals surface area contributed by atoms with Crippen molar-refractivity contribution < 1.29 is 13.7 Å². The third-order valence-corrected chi connectivity index (χ3v) is 3.44. The van der Waals surface area contributed by atoms with Crippen molar-refractivity contribution in [2.45, 2.75) is 12.5 Å². The number of hydrogen-bond donors (Lipinski definition) is 2. The van der Waals surface area contributed by atoms with Crippen molar-refractivity contribution in [3.8, 4) is 11.3 Å². The van der Waals surface area contributed by atoms with Crippen LogP contribution < -0.4 is 11.1 Å². The smallest absolute Gasteiger partial charge is 0.244 e. The first-order chi connectivity index (χ1) is 11.6. The van der Waals surface area contributed by atoms with E-state index in [2.05, 4.69) is 15.5 Å². The summed E-state index contributed by atoms with van der Waals surface area (Å²) in [7, 11) is 0. The number of rotatable bonds is 5. The fourth-order valence-corrected chi connectivity index (χ4v) is 2.17. The van der Waals surface area contributed by atoms with Gasteiger partial charge in [0.2, 0.25) is 11.8 Å². The molecule has 122 valence electrons. The fourth-order valence-electron chi connectivity index (χ4n) is 2.17. The summed E-state index contributed by atoms with van der Waals surface area (Å²) in [6, 6.07) is 10.2. The zero-order valence-corrected chi connectivity index (χ0v) is 12.6. The summed E-state index contributed by atoms with van der Waals surface area (Å²) >= 11 is 0. The Balaban J connectivity index is 1.62. The van der Waals surface area contributed by atoms with Gasteiger partial charge in [-0.1, -0.05) is 17.3 Å². The first kappa shape index (κ1) is 15.8. The van der Waals surface area contributed by atoms with Gasteiger partial charge >= 0.3 is 0 Å². The lowest BCUT2D eigenvalue weighted by molar-refractivity contribution is -0.117. The maximum Gasteiger partial charge on any atom is 0.244 e. The number of amides is 1. The van der Waals surface area contributed by atoms with E-state index in [0.29, 0.717) is 5.69 Å². The van der Waals surface area contributed by atoms with Gasteiger partial charge in [0.15, 0.2) is 0 Å². The van der Waals surface area contributed by atoms with Crippen molar-refractivity contribution in [1.82, 2.24) is 10.1 Å². The lowest BCUT2D eigenvalue weighted by Gasteiger charge is -2.10. The van der Waals surface area contributed by atoms with Crippen LogP contribution in [-0.4, -0.2) is 22.1 Å². The van der Waals surface area contributed by atoms with E-state index in [9.17, 15) is 9.18 Å². The fraction of sp³-hybridized carbons (Fsp3) is 0.118. The number of nitrogens with one attached hydrogen (secondary N) is 1. The third kappa shape index (κ3) is 3.82. The van der Waals surface area contributed by atoms with E-state index >= 15 is 0 Å². The van der Waals surface area contributed by atoms with Crippen LogP contribution in [0.3, 0.4) is 0 Å². The zero-order chi connectivity index (χ0) is 16.9. The Morgan fingerprint density at radius 1 is 1.21 bits per heavy atom. The number of halogens is 1. The van der Waals surface area contributed by atoms with Gasteiger partial charge in [0.1, 0.15) is 11.5 Å². The molecule has 0 saturated heterocycles. The summed E-state index contributed by atoms with van der Waals surface area (Å²) < 4.78 is 18.0. The molecule has 3 rings (SSSR count). The molecule has 3 N–H and O–H groups in total. The van der Waals surface area contributed by atoms with Crippen LogP contribution in [0.1, 0.15) is 5.56 Å². The Morgan fingerprint density at radius 3 is 2.62 bits per heavy atom. The molecule has 0 fully saturated rings. The molecule has 0 aliphatic heterocycles. The normalized spacial score (nSPS) is 11.9. The van der Waals surface area contributed by atoms with Crippen molar-refractivity contribution in [3.63, 3.8) is 0 Å². The van der Waals surface area contributed by atoms with Gasteiger partial charge in [0.05, 0.1) is 6.04 Å². The molecule has 7 heteroatoms. The standard InChI is InChI=1S/C17H15FN4O2/c18-13-3-1-11(2-4-13)9-14(19)17(23)21-16-10-15(22-24-16)12-5-7-20-8-6-12/h1-8,10,14H,9,19H2,(H,21,23)/t14-/m0/s1. The summed E-state index contributed by atoms with van der Waals surface area (Å²) in [5, 5.41) is 6.47. The van der Waals surface area contributed by atoms with Crippen molar-refractivity contribution in [3.05, 3.63) is 66.2 Å². The number of carbonyl (C=O) groups is 1. The molecule has 0 spiro atoms. The highest BCUT2D eigenvalue weighted by Crippen LogP contribution is 2.20. The molecule has 1 aromatic carbocycles. The Labute approximate surface area is 137 Å². The Hall–Kier alpha value is -3.06. The van der Waals surface area contributed by atoms with Crippen LogP contribution in [-0.2, 0) is 11.2 Å². The monoisotopic (exact) mass is 326 g/mol. The van der Waals surface area contributed by atoms with Crippen LogP contribution in [0.4, 0.5) is 10.3 Å². The Kier molecular flexibility index (Phi) is 4.62. The van der Waals surface area contributed by atoms with Crippen molar-refractivity contribution in [2.24, 2.45) is 5.73 Å². The molecule has 0 unspecified atom stereocenters. The highest BCUT2D eigenvalue weighted by atomic mass is 19.1. The zero-order valence-electron chi connectivity index (χ0n) is 12.6. The summed E-state index contributed by atoms with van der Waals surface area (Å²) in [5.74, 6) is -0.528. The second-order valence-corrected chi connectivity index (χ2v) is 5.24. The first-order valence-corrected chi connectivity index (χ1v) is 7.30. The second kappa shape index (κ2) is 7.01. The van der Waals surface area contributed by atoms with Gasteiger partial charge in [0.25, 0.3) is 0 Å². The predicted molar refractivity (Wildman–Crippen MR) is 86.4 cm³/mol. The van der Waals surface area contributed by atoms with E-state index in [-0.39, 0.29) is 18.1 Å². The maximum absolute atomic E-state index is 12.9. The van der Waals surface area contributed by atoms with Crippen LogP contribution in [0.5, 0.6) is 0 Å². The van der Waals surface area contributed by atoms with Gasteiger partial charge in [-0.2, -0.15) is 0 Å². The number of nitrogens with two attached hydrogens (primary N) is 1. The quantitative estimate of drug-likeness (QED) is 0.751. The molecule has 1 atom stereocenters. The SMILES string of the molecule is N[C@@H](Cc1ccc(F)cc1)C(=O)Nc1cc(-c2ccncc2)no1. The third-order valence-electron chi connectivity index (χ3n) is 3.44. The minimum absolute atomic E-state index is 0.210. The minimum atomic E-state index is -0.787. The molecule has 24 heavy (non-hydrogen) atoms. The van der Waals surface area contributed by atoms with Crippen molar-refractivity contribution in [2.75, 3.05) is 5.32 Å². The summed E-state index contributed by atoms with van der Waals surface area (Å²) in [4.78, 5) is 16.0. The maximum atomic E-state index is 12.9. The Bertz CT molecular complexity index is 818. The number of nitrogens with zero attached hydrogens (tertiary/aromatic N) is 2. The van der Waals surface area contributed by atoms with Crippen LogP contribution in [0.15, 0.2) is 59.4 Å². The molecule has 0 saturated carbocycles. The first-order valence-electron chi connectivity index (χ1n) is 7.30. The van der Waals surface area contributed by atoms with Gasteiger partial charge in [0, 0.05) is 24.0 Å². The van der Waals surface area contributed by atoms with Gasteiger partial charge in [-0.25, -0.2) is 4.39 Å². The van der Waals surface area contributed by atoms with E-state index in [1.807, 2.05) is 0 Å². The number of aromatic nitrogens is 2. The summed E-state index contributed by atoms with van der Waals surface area (Å²) in [6.07, 6.45) is 3.57. The van der Waals surface area contributed by atoms with Crippen LogP contribution in [0, 0.1) is 5.82 Å². The van der Waals surface area contributed by atoms with Gasteiger partial charge in [-0.3, -0.25) is 15.1 Å². The minimum Gasteiger partial charge on any atom is -0.338 e. The lowest BCUT2D eigenvalue weighted by atomic mass is 10.1. The number of hydrogen-bond acceptors (Lipinski definition) is 5. The molecule has 3 aromatic rings. The number of benzene rings is 1. The average Bonchev–Trinajstić information content (AvgIpc) is 3.06. The number of carbonyl (C=O) groups excluding carboxylic acids is 1. The summed E-state index contributed by atoms with van der Waals surface area (Å²) in [5.41, 5.74) is 8.06. The molecule has 2 aromatic heterocycles. The van der Waals surface area contributed by atoms with E-state index < -0.39 is 11.9 Å². The van der Waals surface area contributed by atoms with E-state index in [1.165, 1.54) is 12.1 Å². The Morgan fingerprint density at radius 2 is 1.92 bits per heavy atom. The van der Waals surface area contributed by atoms with Crippen LogP contribution >= 0.6 is 0 Å². The molecular weight excluding hydrogens is 311 g/mol. The average molecular weight is 326 g/mol. The lowest BCUT2D eigenvalue weighted by Crippen LogP contribution is -2.37. The topological polar surface area (TPSA) is 94.0 Å². The summed E-state index contributed by atoms with van der Waals surface area (Å²) in [6.45, 7) is 0. The van der Waals surface area contributed by atoms with Gasteiger partial charge in [-0.05, 0) is 36.2 Å². The van der Waals surface area contributed by atoms with Crippen LogP contribution in [0.2, 0.25) is 0 Å². The molecule has 1 amide bonds. The largest absolute Gasteiger partial charge is 0.338 e. The van der Waals surface area contributed by atoms with E-state index in [1.54, 1.807) is 42.7 Å². The van der Waals surface area contributed by atoms with E-state index in [4.69, 9.17) is 10.3 Å². The molecule has 0 bridgehead atoms. The van der Waals surface area contributed by atoms with Crippen LogP contribution in [0.25, 0.3) is 11.3 Å². The molecule has 0 aliphatic carbocycles. The number of pyridine rings is 1. The molecule has 0 radical (unpaired) electrons. The predicted octanol–water partition coefficient (Wildman–Crippen LogP) is 2.38. The molecule has 2 heterocycles. The highest BCUT2D eigenvalue weighted by Gasteiger charge is 2.17. The van der Waals surface area contributed by atoms with Gasteiger partial charge < -0.3 is 10.3 Å². The van der Waals surface area contributed by atoms with Gasteiger partial charge in [-0.15, -0.1) is 0 Å². The van der Waals surface area contributed by atoms with Crippen molar-refractivity contribution in [1.29, 1.82) is 0 Å². The van der Waals surface area contributed by atoms with Crippen molar-refractivity contribution >= 4 is 11.8 Å². The second-order valence-electron chi connectivity index (χ2n) is 5.24. The molecular formula is C17H15FN4O2. The molecule has 6 nitrogen and oxygen atoms in total. The molecule has 0 aliphatic rings. The van der Waals surface area contributed by atoms with E-state index in [0.717, 1.165) is 11.1 Å². The number of anilines is 1. The highest BCUT2D eigenvalue weighted by molar-refractivity contribution is 5.94.